The molecule has 0 aliphatic carbocycles. The van der Waals surface area contributed by atoms with Gasteiger partial charge in [-0.05, 0) is 36.8 Å². The van der Waals surface area contributed by atoms with E-state index in [0.717, 1.165) is 36.8 Å². The van der Waals surface area contributed by atoms with Gasteiger partial charge in [-0.25, -0.2) is 9.59 Å². The van der Waals surface area contributed by atoms with Crippen LogP contribution in [0, 0.1) is 11.8 Å². The lowest BCUT2D eigenvalue weighted by Crippen LogP contribution is -2.19. The zero-order valence-corrected chi connectivity index (χ0v) is 19.3. The van der Waals surface area contributed by atoms with E-state index in [1.165, 1.54) is 0 Å². The Morgan fingerprint density at radius 1 is 0.700 bits per heavy atom. The summed E-state index contributed by atoms with van der Waals surface area (Å²) in [6.45, 7) is 12.4. The summed E-state index contributed by atoms with van der Waals surface area (Å²) in [5.41, 5.74) is 2.16. The molecule has 170 valence electrons. The van der Waals surface area contributed by atoms with E-state index in [4.69, 9.17) is 19.6 Å². The highest BCUT2D eigenvalue weighted by molar-refractivity contribution is 5.71. The molecule has 2 atom stereocenters. The van der Waals surface area contributed by atoms with Crippen LogP contribution in [0.1, 0.15) is 90.2 Å². The Balaban J connectivity index is 2.61. The van der Waals surface area contributed by atoms with Gasteiger partial charge in [0, 0.05) is 11.8 Å². The molecule has 0 radical (unpaired) electrons. The molecule has 0 amide bonds. The lowest BCUT2D eigenvalue weighted by Gasteiger charge is -2.20. The Morgan fingerprint density at radius 2 is 1.03 bits per heavy atom. The quantitative estimate of drug-likeness (QED) is 0.282. The van der Waals surface area contributed by atoms with Crippen molar-refractivity contribution in [1.82, 2.24) is 0 Å². The minimum atomic E-state index is -0.318. The van der Waals surface area contributed by atoms with Crippen molar-refractivity contribution in [2.24, 2.45) is 11.8 Å². The second-order valence-electron chi connectivity index (χ2n) is 7.83. The van der Waals surface area contributed by atoms with Gasteiger partial charge in [-0.15, -0.1) is 0 Å². The van der Waals surface area contributed by atoms with Crippen molar-refractivity contribution in [3.63, 3.8) is 0 Å². The molecule has 1 aromatic rings. The van der Waals surface area contributed by atoms with Crippen molar-refractivity contribution in [3.8, 4) is 0 Å². The third-order valence-electron chi connectivity index (χ3n) is 5.61. The molecule has 0 spiro atoms. The van der Waals surface area contributed by atoms with Gasteiger partial charge in [-0.3, -0.25) is 9.78 Å². The summed E-state index contributed by atoms with van der Waals surface area (Å²) >= 11 is 0. The Kier molecular flexibility index (Phi) is 12.3. The fourth-order valence-corrected chi connectivity index (χ4v) is 3.36. The molecular weight excluding hydrogens is 384 g/mol. The van der Waals surface area contributed by atoms with Crippen molar-refractivity contribution >= 4 is 11.9 Å². The number of hydrogen-bond acceptors (Lipinski definition) is 6. The van der Waals surface area contributed by atoms with Gasteiger partial charge in [0.2, 0.25) is 0 Å². The van der Waals surface area contributed by atoms with E-state index in [1.807, 2.05) is 65.8 Å². The number of carbonyl (C=O) groups excluding carboxylic acids is 2. The van der Waals surface area contributed by atoms with Crippen molar-refractivity contribution in [2.45, 2.75) is 79.1 Å². The van der Waals surface area contributed by atoms with Crippen LogP contribution >= 0.6 is 0 Å². The molecule has 0 saturated heterocycles. The average molecular weight is 423 g/mol. The molecule has 6 heteroatoms. The zero-order chi connectivity index (χ0) is 22.5. The van der Waals surface area contributed by atoms with Gasteiger partial charge >= 0.3 is 11.9 Å². The standard InChI is InChI=1S/C24H38O6/c1-7-19(8-2)23(25)29-27-15-17(5)21-13-11-12-14-22(21)18(6)16-28-30-24(26)20(9-3)10-4/h11-14,17-20H,7-10,15-16H2,1-6H3. The van der Waals surface area contributed by atoms with Crippen LogP contribution in [0.3, 0.4) is 0 Å². The summed E-state index contributed by atoms with van der Waals surface area (Å²) in [7, 11) is 0. The number of benzene rings is 1. The van der Waals surface area contributed by atoms with Crippen LogP contribution in [0.4, 0.5) is 0 Å². The Hall–Kier alpha value is -1.92. The fraction of sp³-hybridized carbons (Fsp3) is 0.667. The van der Waals surface area contributed by atoms with E-state index < -0.39 is 0 Å². The first-order valence-corrected chi connectivity index (χ1v) is 11.1. The molecule has 0 saturated carbocycles. The number of rotatable bonds is 14. The largest absolute Gasteiger partial charge is 0.345 e. The van der Waals surface area contributed by atoms with Crippen molar-refractivity contribution in [3.05, 3.63) is 35.4 Å². The van der Waals surface area contributed by atoms with Crippen molar-refractivity contribution < 1.29 is 29.1 Å². The fourth-order valence-electron chi connectivity index (χ4n) is 3.36. The second kappa shape index (κ2) is 14.1. The predicted octanol–water partition coefficient (Wildman–Crippen LogP) is 5.72. The number of carbonyl (C=O) groups is 2. The highest BCUT2D eigenvalue weighted by Gasteiger charge is 2.21. The van der Waals surface area contributed by atoms with E-state index in [2.05, 4.69) is 0 Å². The molecule has 0 fully saturated rings. The second-order valence-corrected chi connectivity index (χ2v) is 7.83. The predicted molar refractivity (Wildman–Crippen MR) is 116 cm³/mol. The van der Waals surface area contributed by atoms with Crippen molar-refractivity contribution in [1.29, 1.82) is 0 Å². The maximum absolute atomic E-state index is 12.0. The summed E-state index contributed by atoms with van der Waals surface area (Å²) in [5.74, 6) is -0.862. The highest BCUT2D eigenvalue weighted by Crippen LogP contribution is 2.27. The minimum Gasteiger partial charge on any atom is -0.298 e. The molecule has 0 aliphatic rings. The van der Waals surface area contributed by atoms with Crippen LogP contribution < -0.4 is 0 Å². The third-order valence-corrected chi connectivity index (χ3v) is 5.61. The molecule has 30 heavy (non-hydrogen) atoms. The lowest BCUT2D eigenvalue weighted by atomic mass is 9.90. The number of hydrogen-bond donors (Lipinski definition) is 0. The maximum Gasteiger partial charge on any atom is 0.345 e. The summed E-state index contributed by atoms with van der Waals surface area (Å²) < 4.78 is 0. The van der Waals surface area contributed by atoms with Crippen LogP contribution in [0.5, 0.6) is 0 Å². The average Bonchev–Trinajstić information content (AvgIpc) is 2.75. The first-order chi connectivity index (χ1) is 14.4. The molecule has 0 aliphatic heterocycles. The van der Waals surface area contributed by atoms with E-state index in [0.29, 0.717) is 0 Å². The van der Waals surface area contributed by atoms with Gasteiger partial charge in [-0.1, -0.05) is 65.8 Å². The first-order valence-electron chi connectivity index (χ1n) is 11.1. The molecule has 2 unspecified atom stereocenters. The van der Waals surface area contributed by atoms with Crippen LogP contribution in [0.2, 0.25) is 0 Å². The molecule has 0 bridgehead atoms. The van der Waals surface area contributed by atoms with E-state index in [1.54, 1.807) is 0 Å². The molecular formula is C24H38O6. The monoisotopic (exact) mass is 422 g/mol. The molecule has 1 rings (SSSR count). The van der Waals surface area contributed by atoms with Crippen LogP contribution in [0.25, 0.3) is 0 Å². The van der Waals surface area contributed by atoms with Crippen LogP contribution in [-0.2, 0) is 29.1 Å². The van der Waals surface area contributed by atoms with Gasteiger partial charge in [0.1, 0.15) is 13.2 Å². The molecule has 0 N–H and O–H groups in total. The Bertz CT molecular complexity index is 581. The van der Waals surface area contributed by atoms with Gasteiger partial charge in [0.25, 0.3) is 0 Å². The van der Waals surface area contributed by atoms with E-state index in [-0.39, 0.29) is 48.8 Å². The van der Waals surface area contributed by atoms with E-state index in [9.17, 15) is 9.59 Å². The maximum atomic E-state index is 12.0. The zero-order valence-electron chi connectivity index (χ0n) is 19.3. The van der Waals surface area contributed by atoms with Gasteiger partial charge in [0.15, 0.2) is 0 Å². The topological polar surface area (TPSA) is 71.1 Å². The third kappa shape index (κ3) is 8.07. The molecule has 0 aromatic heterocycles. The minimum absolute atomic E-state index is 0.0188. The molecule has 6 nitrogen and oxygen atoms in total. The van der Waals surface area contributed by atoms with Gasteiger partial charge < -0.3 is 0 Å². The van der Waals surface area contributed by atoms with Crippen LogP contribution in [0.15, 0.2) is 24.3 Å². The van der Waals surface area contributed by atoms with Gasteiger partial charge in [0.05, 0.1) is 11.8 Å². The lowest BCUT2D eigenvalue weighted by molar-refractivity contribution is -0.279. The highest BCUT2D eigenvalue weighted by atomic mass is 17.2. The summed E-state index contributed by atoms with van der Waals surface area (Å²) in [5, 5.41) is 0. The van der Waals surface area contributed by atoms with Crippen molar-refractivity contribution in [2.75, 3.05) is 13.2 Å². The molecule has 0 heterocycles. The Labute approximate surface area is 181 Å². The van der Waals surface area contributed by atoms with Crippen LogP contribution in [-0.4, -0.2) is 25.2 Å². The SMILES string of the molecule is CCC(CC)C(=O)OOCC(C)c1ccccc1C(C)COOC(=O)C(CC)CC. The van der Waals surface area contributed by atoms with E-state index >= 15 is 0 Å². The summed E-state index contributed by atoms with van der Waals surface area (Å²) in [4.78, 5) is 44.4. The molecule has 1 aromatic carbocycles. The summed E-state index contributed by atoms with van der Waals surface area (Å²) in [6, 6.07) is 7.98. The summed E-state index contributed by atoms with van der Waals surface area (Å²) in [6.07, 6.45) is 2.93. The first kappa shape index (κ1) is 26.1. The Morgan fingerprint density at radius 3 is 1.33 bits per heavy atom. The van der Waals surface area contributed by atoms with Gasteiger partial charge in [-0.2, -0.15) is 9.78 Å². The normalized spacial score (nSPS) is 13.3. The smallest absolute Gasteiger partial charge is 0.298 e.